The second kappa shape index (κ2) is 15.7. The van der Waals surface area contributed by atoms with Crippen molar-refractivity contribution < 1.29 is 8.78 Å². The smallest absolute Gasteiger partial charge is 0.160 e. The molecule has 0 saturated heterocycles. The number of hydrogen-bond donors (Lipinski definition) is 0. The summed E-state index contributed by atoms with van der Waals surface area (Å²) in [4.78, 5) is 10.5. The molecule has 0 amide bonds. The van der Waals surface area contributed by atoms with E-state index in [2.05, 4.69) is 137 Å². The quantitative estimate of drug-likeness (QED) is 0.160. The standard InChI is InChI=1S/C59H35F2N5/c60-44-29-42(30-45(61)34-44)50-27-37(36-62)23-25-57(50)66-56-22-12-9-19-49(56)51-33-40(24-26-58(51)66)41-28-43(32-46(31-41)65-54-20-10-7-17-47(54)48-18-8-11-21-55(48)65)59-63-52(38-13-3-1-4-14-38)35-53(64-59)39-15-5-2-6-16-39/h1-35H. The Morgan fingerprint density at radius 1 is 0.379 bits per heavy atom. The lowest BCUT2D eigenvalue weighted by Gasteiger charge is -2.16. The fourth-order valence-corrected chi connectivity index (χ4v) is 9.48. The second-order valence-corrected chi connectivity index (χ2v) is 16.4. The first kappa shape index (κ1) is 38.7. The van der Waals surface area contributed by atoms with Gasteiger partial charge in [0.05, 0.1) is 50.8 Å². The van der Waals surface area contributed by atoms with E-state index in [4.69, 9.17) is 9.97 Å². The number of para-hydroxylation sites is 3. The number of fused-ring (bicyclic) bond motifs is 6. The van der Waals surface area contributed by atoms with Gasteiger partial charge in [0.2, 0.25) is 0 Å². The summed E-state index contributed by atoms with van der Waals surface area (Å²) in [5.74, 6) is -0.791. The molecule has 0 bridgehead atoms. The first-order valence-corrected chi connectivity index (χ1v) is 21.7. The lowest BCUT2D eigenvalue weighted by atomic mass is 9.98. The number of rotatable bonds is 7. The second-order valence-electron chi connectivity index (χ2n) is 16.4. The highest BCUT2D eigenvalue weighted by atomic mass is 19.1. The molecule has 3 aromatic heterocycles. The van der Waals surface area contributed by atoms with Crippen molar-refractivity contribution in [1.82, 2.24) is 19.1 Å². The molecule has 0 fully saturated rings. The third-order valence-corrected chi connectivity index (χ3v) is 12.4. The number of nitrogens with zero attached hydrogens (tertiary/aromatic N) is 5. The van der Waals surface area contributed by atoms with Crippen LogP contribution >= 0.6 is 0 Å². The lowest BCUT2D eigenvalue weighted by Crippen LogP contribution is -2.00. The molecule has 66 heavy (non-hydrogen) atoms. The van der Waals surface area contributed by atoms with E-state index in [1.807, 2.05) is 60.7 Å². The summed E-state index contributed by atoms with van der Waals surface area (Å²) in [6, 6.07) is 71.6. The van der Waals surface area contributed by atoms with E-state index >= 15 is 0 Å². The molecule has 310 valence electrons. The number of nitriles is 1. The zero-order valence-electron chi connectivity index (χ0n) is 35.2. The minimum absolute atomic E-state index is 0.338. The predicted octanol–water partition coefficient (Wildman–Crippen LogP) is 15.2. The van der Waals surface area contributed by atoms with E-state index in [1.165, 1.54) is 12.1 Å². The number of halogens is 2. The van der Waals surface area contributed by atoms with E-state index in [1.54, 1.807) is 12.1 Å². The Bertz CT molecular complexity index is 3790. The average Bonchev–Trinajstić information content (AvgIpc) is 3.89. The van der Waals surface area contributed by atoms with Crippen molar-refractivity contribution in [1.29, 1.82) is 5.26 Å². The molecule has 0 unspecified atom stereocenters. The summed E-state index contributed by atoms with van der Waals surface area (Å²) >= 11 is 0. The van der Waals surface area contributed by atoms with Gasteiger partial charge in [0.1, 0.15) is 11.6 Å². The number of benzene rings is 9. The predicted molar refractivity (Wildman–Crippen MR) is 263 cm³/mol. The van der Waals surface area contributed by atoms with Crippen molar-refractivity contribution in [3.63, 3.8) is 0 Å². The van der Waals surface area contributed by atoms with Gasteiger partial charge in [-0.2, -0.15) is 5.26 Å². The van der Waals surface area contributed by atoms with Crippen LogP contribution in [-0.2, 0) is 0 Å². The molecule has 5 nitrogen and oxygen atoms in total. The van der Waals surface area contributed by atoms with Crippen molar-refractivity contribution in [2.75, 3.05) is 0 Å². The third-order valence-electron chi connectivity index (χ3n) is 12.4. The topological polar surface area (TPSA) is 59.4 Å². The molecular weight excluding hydrogens is 817 g/mol. The van der Waals surface area contributed by atoms with Crippen molar-refractivity contribution in [2.45, 2.75) is 0 Å². The van der Waals surface area contributed by atoms with Gasteiger partial charge in [0.25, 0.3) is 0 Å². The van der Waals surface area contributed by atoms with Crippen LogP contribution in [0.15, 0.2) is 212 Å². The Balaban J connectivity index is 1.11. The molecule has 0 spiro atoms. The SMILES string of the molecule is N#Cc1ccc(-n2c3ccccc3c3cc(-c4cc(-c5nc(-c6ccccc6)cc(-c6ccccc6)n5)cc(-n5c6ccccc6c6ccccc65)c4)ccc32)c(-c2cc(F)cc(F)c2)c1. The van der Waals surface area contributed by atoms with Crippen molar-refractivity contribution in [2.24, 2.45) is 0 Å². The summed E-state index contributed by atoms with van der Waals surface area (Å²) in [7, 11) is 0. The molecule has 0 aliphatic carbocycles. The van der Waals surface area contributed by atoms with Crippen LogP contribution in [0.3, 0.4) is 0 Å². The van der Waals surface area contributed by atoms with Crippen LogP contribution in [0.1, 0.15) is 5.56 Å². The summed E-state index contributed by atoms with van der Waals surface area (Å²) in [5.41, 5.74) is 13.3. The van der Waals surface area contributed by atoms with Crippen LogP contribution in [0, 0.1) is 23.0 Å². The molecule has 0 saturated carbocycles. The molecular formula is C59H35F2N5. The fourth-order valence-electron chi connectivity index (χ4n) is 9.48. The zero-order valence-corrected chi connectivity index (χ0v) is 35.2. The van der Waals surface area contributed by atoms with E-state index in [9.17, 15) is 14.0 Å². The van der Waals surface area contributed by atoms with Crippen LogP contribution < -0.4 is 0 Å². The molecule has 0 atom stereocenters. The van der Waals surface area contributed by atoms with E-state index < -0.39 is 11.6 Å². The maximum atomic E-state index is 14.8. The maximum Gasteiger partial charge on any atom is 0.160 e. The van der Waals surface area contributed by atoms with Crippen molar-refractivity contribution in [3.05, 3.63) is 230 Å². The maximum absolute atomic E-state index is 14.8. The van der Waals surface area contributed by atoms with E-state index in [0.29, 0.717) is 28.2 Å². The van der Waals surface area contributed by atoms with E-state index in [0.717, 1.165) is 94.6 Å². The van der Waals surface area contributed by atoms with Crippen molar-refractivity contribution >= 4 is 43.6 Å². The highest BCUT2D eigenvalue weighted by Gasteiger charge is 2.20. The van der Waals surface area contributed by atoms with Crippen LogP contribution in [0.5, 0.6) is 0 Å². The van der Waals surface area contributed by atoms with Gasteiger partial charge in [-0.3, -0.25) is 0 Å². The molecule has 0 radical (unpaired) electrons. The largest absolute Gasteiger partial charge is 0.309 e. The van der Waals surface area contributed by atoms with Crippen LogP contribution in [0.2, 0.25) is 0 Å². The average molecular weight is 852 g/mol. The van der Waals surface area contributed by atoms with Gasteiger partial charge in [-0.1, -0.05) is 121 Å². The van der Waals surface area contributed by atoms with Crippen LogP contribution in [0.25, 0.3) is 111 Å². The highest BCUT2D eigenvalue weighted by molar-refractivity contribution is 6.12. The summed E-state index contributed by atoms with van der Waals surface area (Å²) in [5, 5.41) is 14.2. The highest BCUT2D eigenvalue weighted by Crippen LogP contribution is 2.41. The third kappa shape index (κ3) is 6.59. The first-order valence-electron chi connectivity index (χ1n) is 21.7. The van der Waals surface area contributed by atoms with Gasteiger partial charge in [-0.05, 0) is 102 Å². The monoisotopic (exact) mass is 851 g/mol. The molecule has 12 rings (SSSR count). The van der Waals surface area contributed by atoms with Crippen LogP contribution in [-0.4, -0.2) is 19.1 Å². The number of aromatic nitrogens is 4. The minimum atomic E-state index is -0.693. The molecule has 7 heteroatoms. The molecule has 0 N–H and O–H groups in total. The van der Waals surface area contributed by atoms with Gasteiger partial charge >= 0.3 is 0 Å². The minimum Gasteiger partial charge on any atom is -0.309 e. The normalized spacial score (nSPS) is 11.5. The van der Waals surface area contributed by atoms with Crippen molar-refractivity contribution in [3.8, 4) is 73.6 Å². The van der Waals surface area contributed by atoms with Crippen LogP contribution in [0.4, 0.5) is 8.78 Å². The summed E-state index contributed by atoms with van der Waals surface area (Å²) in [6.45, 7) is 0. The van der Waals surface area contributed by atoms with Gasteiger partial charge in [-0.25, -0.2) is 18.7 Å². The molecule has 0 aliphatic rings. The molecule has 0 aliphatic heterocycles. The first-order chi connectivity index (χ1) is 32.5. The number of hydrogen-bond acceptors (Lipinski definition) is 3. The fraction of sp³-hybridized carbons (Fsp3) is 0. The van der Waals surface area contributed by atoms with Gasteiger partial charge in [0, 0.05) is 55.6 Å². The summed E-state index contributed by atoms with van der Waals surface area (Å²) < 4.78 is 34.0. The van der Waals surface area contributed by atoms with Gasteiger partial charge < -0.3 is 9.13 Å². The van der Waals surface area contributed by atoms with Gasteiger partial charge in [-0.15, -0.1) is 0 Å². The Morgan fingerprint density at radius 3 is 1.52 bits per heavy atom. The van der Waals surface area contributed by atoms with E-state index in [-0.39, 0.29) is 0 Å². The Morgan fingerprint density at radius 2 is 0.909 bits per heavy atom. The molecule has 3 heterocycles. The molecule has 12 aromatic rings. The Labute approximate surface area is 378 Å². The zero-order chi connectivity index (χ0) is 44.3. The molecule has 9 aromatic carbocycles. The Hall–Kier alpha value is -8.99. The summed E-state index contributed by atoms with van der Waals surface area (Å²) in [6.07, 6.45) is 0. The Kier molecular flexibility index (Phi) is 9.18. The van der Waals surface area contributed by atoms with Gasteiger partial charge in [0.15, 0.2) is 5.82 Å². The lowest BCUT2D eigenvalue weighted by molar-refractivity contribution is 0.584.